The molecular formula is C14H10N2O2S. The van der Waals surface area contributed by atoms with Crippen molar-refractivity contribution < 1.29 is 9.90 Å². The third kappa shape index (κ3) is 3.06. The second-order valence-corrected chi connectivity index (χ2v) is 4.94. The maximum absolute atomic E-state index is 10.8. The van der Waals surface area contributed by atoms with Crippen molar-refractivity contribution in [2.75, 3.05) is 5.73 Å². The molecule has 0 unspecified atom stereocenters. The number of rotatable bonds is 3. The molecule has 0 fully saturated rings. The second kappa shape index (κ2) is 5.46. The van der Waals surface area contributed by atoms with Crippen LogP contribution in [0.5, 0.6) is 0 Å². The molecule has 2 aromatic carbocycles. The van der Waals surface area contributed by atoms with Crippen LogP contribution in [-0.2, 0) is 0 Å². The number of nitriles is 1. The molecule has 0 amide bonds. The van der Waals surface area contributed by atoms with E-state index in [9.17, 15) is 4.79 Å². The number of hydrogen-bond acceptors (Lipinski definition) is 4. The second-order valence-electron chi connectivity index (χ2n) is 3.79. The summed E-state index contributed by atoms with van der Waals surface area (Å²) >= 11 is 1.46. The lowest BCUT2D eigenvalue weighted by Gasteiger charge is -2.05. The number of nitrogens with zero attached hydrogens (tertiary/aromatic N) is 1. The van der Waals surface area contributed by atoms with Gasteiger partial charge in [0, 0.05) is 15.5 Å². The first kappa shape index (κ1) is 13.0. The first-order valence-corrected chi connectivity index (χ1v) is 6.22. The van der Waals surface area contributed by atoms with Crippen LogP contribution in [0.15, 0.2) is 52.3 Å². The monoisotopic (exact) mass is 270 g/mol. The molecule has 0 bridgehead atoms. The van der Waals surface area contributed by atoms with Crippen molar-refractivity contribution in [1.29, 1.82) is 5.26 Å². The Balaban J connectivity index is 2.21. The van der Waals surface area contributed by atoms with Crippen molar-refractivity contribution in [3.05, 3.63) is 53.6 Å². The van der Waals surface area contributed by atoms with Crippen LogP contribution < -0.4 is 5.73 Å². The largest absolute Gasteiger partial charge is 0.478 e. The number of carbonyl (C=O) groups is 1. The summed E-state index contributed by atoms with van der Waals surface area (Å²) in [6, 6.07) is 14.0. The zero-order chi connectivity index (χ0) is 13.8. The van der Waals surface area contributed by atoms with E-state index in [1.165, 1.54) is 17.8 Å². The van der Waals surface area contributed by atoms with Gasteiger partial charge in [0.25, 0.3) is 0 Å². The lowest BCUT2D eigenvalue weighted by molar-refractivity contribution is 0.0698. The van der Waals surface area contributed by atoms with Gasteiger partial charge in [0.15, 0.2) is 0 Å². The minimum Gasteiger partial charge on any atom is -0.478 e. The van der Waals surface area contributed by atoms with Crippen molar-refractivity contribution in [3.63, 3.8) is 0 Å². The van der Waals surface area contributed by atoms with Crippen LogP contribution in [0.2, 0.25) is 0 Å². The fourth-order valence-electron chi connectivity index (χ4n) is 1.53. The van der Waals surface area contributed by atoms with Gasteiger partial charge in [0.05, 0.1) is 17.2 Å². The molecule has 0 aliphatic heterocycles. The molecule has 0 spiro atoms. The third-order valence-corrected chi connectivity index (χ3v) is 3.47. The van der Waals surface area contributed by atoms with Gasteiger partial charge in [-0.05, 0) is 42.5 Å². The molecule has 94 valence electrons. The number of nitrogens with two attached hydrogens (primary N) is 1. The smallest absolute Gasteiger partial charge is 0.337 e. The molecule has 0 heterocycles. The summed E-state index contributed by atoms with van der Waals surface area (Å²) in [5.41, 5.74) is 6.63. The fourth-order valence-corrected chi connectivity index (χ4v) is 2.40. The van der Waals surface area contributed by atoms with Crippen molar-refractivity contribution >= 4 is 23.4 Å². The van der Waals surface area contributed by atoms with Crippen molar-refractivity contribution in [2.24, 2.45) is 0 Å². The van der Waals surface area contributed by atoms with Gasteiger partial charge >= 0.3 is 5.97 Å². The Labute approximate surface area is 114 Å². The Kier molecular flexibility index (Phi) is 3.74. The molecule has 0 aliphatic carbocycles. The molecule has 0 saturated carbocycles. The highest BCUT2D eigenvalue weighted by Gasteiger charge is 2.08. The predicted molar refractivity (Wildman–Crippen MR) is 73.1 cm³/mol. The normalized spacial score (nSPS) is 9.84. The molecule has 3 N–H and O–H groups in total. The molecule has 0 aliphatic rings. The van der Waals surface area contributed by atoms with Crippen molar-refractivity contribution in [2.45, 2.75) is 9.79 Å². The van der Waals surface area contributed by atoms with Crippen molar-refractivity contribution in [3.8, 4) is 6.07 Å². The Morgan fingerprint density at radius 1 is 1.16 bits per heavy atom. The number of carboxylic acid groups (broad SMARTS) is 1. The predicted octanol–water partition coefficient (Wildman–Crippen LogP) is 2.99. The van der Waals surface area contributed by atoms with Crippen LogP contribution in [0, 0.1) is 11.3 Å². The maximum atomic E-state index is 10.8. The van der Waals surface area contributed by atoms with Gasteiger partial charge in [0.2, 0.25) is 0 Å². The molecule has 19 heavy (non-hydrogen) atoms. The van der Waals surface area contributed by atoms with E-state index >= 15 is 0 Å². The Morgan fingerprint density at radius 2 is 1.79 bits per heavy atom. The minimum absolute atomic E-state index is 0.101. The summed E-state index contributed by atoms with van der Waals surface area (Å²) in [6.45, 7) is 0. The van der Waals surface area contributed by atoms with E-state index in [4.69, 9.17) is 16.1 Å². The molecule has 2 aromatic rings. The molecule has 0 saturated heterocycles. The van der Waals surface area contributed by atoms with Gasteiger partial charge in [0.1, 0.15) is 0 Å². The third-order valence-electron chi connectivity index (χ3n) is 2.47. The molecule has 0 radical (unpaired) electrons. The van der Waals surface area contributed by atoms with Crippen LogP contribution in [0.1, 0.15) is 15.9 Å². The first-order valence-electron chi connectivity index (χ1n) is 5.41. The van der Waals surface area contributed by atoms with E-state index in [0.717, 1.165) is 9.79 Å². The van der Waals surface area contributed by atoms with Crippen LogP contribution in [0.25, 0.3) is 0 Å². The summed E-state index contributed by atoms with van der Waals surface area (Å²) in [6.07, 6.45) is 0. The number of anilines is 1. The fraction of sp³-hybridized carbons (Fsp3) is 0. The lowest BCUT2D eigenvalue weighted by Crippen LogP contribution is -2.01. The van der Waals surface area contributed by atoms with Gasteiger partial charge in [-0.25, -0.2) is 4.79 Å². The minimum atomic E-state index is -1.03. The number of nitrogen functional groups attached to an aromatic ring is 1. The van der Waals surface area contributed by atoms with Crippen LogP contribution in [0.3, 0.4) is 0 Å². The van der Waals surface area contributed by atoms with E-state index in [0.29, 0.717) is 5.56 Å². The summed E-state index contributed by atoms with van der Waals surface area (Å²) in [5.74, 6) is -1.03. The average molecular weight is 270 g/mol. The van der Waals surface area contributed by atoms with Gasteiger partial charge in [-0.3, -0.25) is 0 Å². The van der Waals surface area contributed by atoms with Crippen LogP contribution >= 0.6 is 11.8 Å². The van der Waals surface area contributed by atoms with Crippen LogP contribution in [0.4, 0.5) is 5.69 Å². The Morgan fingerprint density at radius 3 is 2.32 bits per heavy atom. The summed E-state index contributed by atoms with van der Waals surface area (Å²) < 4.78 is 0. The van der Waals surface area contributed by atoms with Gasteiger partial charge in [-0.2, -0.15) is 5.26 Å². The standard InChI is InChI=1S/C14H10N2O2S/c15-8-9-1-3-10(4-2-9)19-11-5-6-12(14(17)18)13(16)7-11/h1-7H,16H2,(H,17,18). The molecular weight excluding hydrogens is 260 g/mol. The quantitative estimate of drug-likeness (QED) is 0.837. The summed E-state index contributed by atoms with van der Waals surface area (Å²) in [7, 11) is 0. The highest BCUT2D eigenvalue weighted by atomic mass is 32.2. The van der Waals surface area contributed by atoms with Gasteiger partial charge < -0.3 is 10.8 Å². The van der Waals surface area contributed by atoms with Crippen LogP contribution in [-0.4, -0.2) is 11.1 Å². The Hall–Kier alpha value is -2.45. The first-order chi connectivity index (χ1) is 9.10. The number of carboxylic acids is 1. The molecule has 4 nitrogen and oxygen atoms in total. The SMILES string of the molecule is N#Cc1ccc(Sc2ccc(C(=O)O)c(N)c2)cc1. The number of aromatic carboxylic acids is 1. The number of benzene rings is 2. The van der Waals surface area contributed by atoms with E-state index < -0.39 is 5.97 Å². The van der Waals surface area contributed by atoms with E-state index in [1.54, 1.807) is 24.3 Å². The molecule has 0 atom stereocenters. The highest BCUT2D eigenvalue weighted by Crippen LogP contribution is 2.30. The van der Waals surface area contributed by atoms with E-state index in [-0.39, 0.29) is 11.3 Å². The topological polar surface area (TPSA) is 87.1 Å². The average Bonchev–Trinajstić information content (AvgIpc) is 2.39. The maximum Gasteiger partial charge on any atom is 0.337 e. The Bertz CT molecular complexity index is 660. The zero-order valence-corrected chi connectivity index (χ0v) is 10.6. The van der Waals surface area contributed by atoms with E-state index in [1.807, 2.05) is 12.1 Å². The summed E-state index contributed by atoms with van der Waals surface area (Å²) in [5, 5.41) is 17.6. The highest BCUT2D eigenvalue weighted by molar-refractivity contribution is 7.99. The van der Waals surface area contributed by atoms with Gasteiger partial charge in [-0.1, -0.05) is 11.8 Å². The number of hydrogen-bond donors (Lipinski definition) is 2. The molecule has 2 rings (SSSR count). The zero-order valence-electron chi connectivity index (χ0n) is 9.83. The van der Waals surface area contributed by atoms with Crippen molar-refractivity contribution in [1.82, 2.24) is 0 Å². The summed E-state index contributed by atoms with van der Waals surface area (Å²) in [4.78, 5) is 12.7. The van der Waals surface area contributed by atoms with Gasteiger partial charge in [-0.15, -0.1) is 0 Å². The lowest BCUT2D eigenvalue weighted by atomic mass is 10.2. The van der Waals surface area contributed by atoms with E-state index in [2.05, 4.69) is 6.07 Å². The molecule has 5 heteroatoms. The molecule has 0 aromatic heterocycles.